The lowest BCUT2D eigenvalue weighted by Gasteiger charge is -2.26. The van der Waals surface area contributed by atoms with E-state index in [1.807, 2.05) is 59.5 Å². The van der Waals surface area contributed by atoms with Gasteiger partial charge < -0.3 is 15.0 Å². The van der Waals surface area contributed by atoms with Gasteiger partial charge in [0, 0.05) is 18.8 Å². The molecule has 23 heavy (non-hydrogen) atoms. The van der Waals surface area contributed by atoms with Crippen LogP contribution >= 0.6 is 0 Å². The van der Waals surface area contributed by atoms with Crippen molar-refractivity contribution >= 4 is 11.6 Å². The van der Waals surface area contributed by atoms with Gasteiger partial charge >= 0.3 is 0 Å². The highest BCUT2D eigenvalue weighted by Crippen LogP contribution is 2.22. The predicted molar refractivity (Wildman–Crippen MR) is 91.9 cm³/mol. The number of hydrogen-bond donors (Lipinski definition) is 1. The van der Waals surface area contributed by atoms with Crippen LogP contribution in [0.2, 0.25) is 0 Å². The molecule has 0 bridgehead atoms. The molecule has 1 amide bonds. The highest BCUT2D eigenvalue weighted by Gasteiger charge is 2.15. The number of likely N-dealkylation sites (tertiary alicyclic amines) is 1. The van der Waals surface area contributed by atoms with E-state index in [0.717, 1.165) is 43.1 Å². The maximum atomic E-state index is 12.1. The number of para-hydroxylation sites is 1. The first-order chi connectivity index (χ1) is 11.3. The van der Waals surface area contributed by atoms with Gasteiger partial charge in [-0.15, -0.1) is 0 Å². The Hall–Kier alpha value is -2.49. The summed E-state index contributed by atoms with van der Waals surface area (Å²) in [4.78, 5) is 14.1. The van der Waals surface area contributed by atoms with Crippen molar-refractivity contribution in [2.75, 3.05) is 25.0 Å². The lowest BCUT2D eigenvalue weighted by Crippen LogP contribution is -2.39. The second-order valence-electron chi connectivity index (χ2n) is 5.73. The monoisotopic (exact) mass is 310 g/mol. The van der Waals surface area contributed by atoms with E-state index in [1.54, 1.807) is 0 Å². The van der Waals surface area contributed by atoms with Crippen LogP contribution in [-0.4, -0.2) is 30.4 Å². The van der Waals surface area contributed by atoms with Crippen molar-refractivity contribution < 1.29 is 9.53 Å². The molecule has 120 valence electrons. The highest BCUT2D eigenvalue weighted by molar-refractivity contribution is 5.81. The van der Waals surface area contributed by atoms with Gasteiger partial charge in [-0.25, -0.2) is 0 Å². The van der Waals surface area contributed by atoms with Crippen molar-refractivity contribution in [2.45, 2.75) is 19.3 Å². The van der Waals surface area contributed by atoms with Gasteiger partial charge in [-0.3, -0.25) is 4.79 Å². The molecule has 2 aromatic rings. The minimum Gasteiger partial charge on any atom is -0.457 e. The van der Waals surface area contributed by atoms with Crippen molar-refractivity contribution in [2.24, 2.45) is 0 Å². The fraction of sp³-hybridized carbons (Fsp3) is 0.316. The summed E-state index contributed by atoms with van der Waals surface area (Å²) in [6.45, 7) is 2.13. The summed E-state index contributed by atoms with van der Waals surface area (Å²) in [5, 5.41) is 3.19. The average Bonchev–Trinajstić information content (AvgIpc) is 2.62. The molecular weight excluding hydrogens is 288 g/mol. The van der Waals surface area contributed by atoms with E-state index in [2.05, 4.69) is 5.32 Å². The molecule has 1 N–H and O–H groups in total. The quantitative estimate of drug-likeness (QED) is 0.910. The number of piperidine rings is 1. The Morgan fingerprint density at radius 1 is 0.913 bits per heavy atom. The fourth-order valence-corrected chi connectivity index (χ4v) is 2.70. The second kappa shape index (κ2) is 7.68. The number of rotatable bonds is 5. The van der Waals surface area contributed by atoms with Gasteiger partial charge in [-0.1, -0.05) is 18.2 Å². The summed E-state index contributed by atoms with van der Waals surface area (Å²) in [6.07, 6.45) is 3.48. The number of hydrogen-bond acceptors (Lipinski definition) is 3. The lowest BCUT2D eigenvalue weighted by atomic mass is 10.1. The van der Waals surface area contributed by atoms with E-state index in [1.165, 1.54) is 6.42 Å². The van der Waals surface area contributed by atoms with Crippen molar-refractivity contribution in [3.8, 4) is 11.5 Å². The summed E-state index contributed by atoms with van der Waals surface area (Å²) in [5.74, 6) is 1.77. The van der Waals surface area contributed by atoms with E-state index in [9.17, 15) is 4.79 Å². The molecule has 0 unspecified atom stereocenters. The highest BCUT2D eigenvalue weighted by atomic mass is 16.5. The summed E-state index contributed by atoms with van der Waals surface area (Å²) in [6, 6.07) is 17.4. The number of carbonyl (C=O) groups excluding carboxylic acids is 1. The third kappa shape index (κ3) is 4.49. The van der Waals surface area contributed by atoms with Gasteiger partial charge in [0.25, 0.3) is 0 Å². The van der Waals surface area contributed by atoms with Gasteiger partial charge in [0.15, 0.2) is 0 Å². The lowest BCUT2D eigenvalue weighted by molar-refractivity contribution is -0.130. The SMILES string of the molecule is O=C(CNc1ccc(Oc2ccccc2)cc1)N1CCCCC1. The third-order valence-electron chi connectivity index (χ3n) is 3.99. The maximum Gasteiger partial charge on any atom is 0.241 e. The van der Waals surface area contributed by atoms with Gasteiger partial charge in [0.2, 0.25) is 5.91 Å². The van der Waals surface area contributed by atoms with Crippen molar-refractivity contribution in [1.82, 2.24) is 4.90 Å². The van der Waals surface area contributed by atoms with Gasteiger partial charge in [-0.2, -0.15) is 0 Å². The minimum absolute atomic E-state index is 0.175. The Kier molecular flexibility index (Phi) is 5.14. The van der Waals surface area contributed by atoms with Crippen LogP contribution in [0.5, 0.6) is 11.5 Å². The fourth-order valence-electron chi connectivity index (χ4n) is 2.70. The van der Waals surface area contributed by atoms with Crippen LogP contribution in [0.4, 0.5) is 5.69 Å². The van der Waals surface area contributed by atoms with Crippen LogP contribution in [0.15, 0.2) is 54.6 Å². The Labute approximate surface area is 137 Å². The molecule has 4 heteroatoms. The molecule has 2 aromatic carbocycles. The van der Waals surface area contributed by atoms with Crippen LogP contribution in [0.1, 0.15) is 19.3 Å². The Balaban J connectivity index is 1.50. The molecule has 0 atom stereocenters. The van der Waals surface area contributed by atoms with Crippen LogP contribution in [0.25, 0.3) is 0 Å². The smallest absolute Gasteiger partial charge is 0.241 e. The van der Waals surface area contributed by atoms with E-state index < -0.39 is 0 Å². The molecule has 1 aliphatic rings. The Morgan fingerprint density at radius 2 is 1.57 bits per heavy atom. The summed E-state index contributed by atoms with van der Waals surface area (Å²) >= 11 is 0. The molecule has 0 aliphatic carbocycles. The largest absolute Gasteiger partial charge is 0.457 e. The third-order valence-corrected chi connectivity index (χ3v) is 3.99. The van der Waals surface area contributed by atoms with Crippen molar-refractivity contribution in [3.05, 3.63) is 54.6 Å². The van der Waals surface area contributed by atoms with E-state index in [-0.39, 0.29) is 5.91 Å². The molecule has 1 fully saturated rings. The number of benzene rings is 2. The number of nitrogens with one attached hydrogen (secondary N) is 1. The first-order valence-electron chi connectivity index (χ1n) is 8.16. The first-order valence-corrected chi connectivity index (χ1v) is 8.16. The van der Waals surface area contributed by atoms with Crippen LogP contribution in [-0.2, 0) is 4.79 Å². The Bertz CT molecular complexity index is 620. The molecule has 0 radical (unpaired) electrons. The number of carbonyl (C=O) groups is 1. The van der Waals surface area contributed by atoms with Gasteiger partial charge in [0.05, 0.1) is 6.54 Å². The summed E-state index contributed by atoms with van der Waals surface area (Å²) in [5.41, 5.74) is 0.927. The number of anilines is 1. The molecular formula is C19H22N2O2. The van der Waals surface area contributed by atoms with Crippen molar-refractivity contribution in [1.29, 1.82) is 0 Å². The Morgan fingerprint density at radius 3 is 2.26 bits per heavy atom. The molecule has 0 aromatic heterocycles. The van der Waals surface area contributed by atoms with Crippen LogP contribution < -0.4 is 10.1 Å². The molecule has 0 saturated carbocycles. The first kappa shape index (κ1) is 15.4. The molecule has 4 nitrogen and oxygen atoms in total. The zero-order valence-electron chi connectivity index (χ0n) is 13.2. The van der Waals surface area contributed by atoms with Gasteiger partial charge in [-0.05, 0) is 55.7 Å². The van der Waals surface area contributed by atoms with Crippen LogP contribution in [0, 0.1) is 0 Å². The molecule has 1 saturated heterocycles. The zero-order chi connectivity index (χ0) is 15.9. The van der Waals surface area contributed by atoms with E-state index >= 15 is 0 Å². The molecule has 0 spiro atoms. The number of ether oxygens (including phenoxy) is 1. The van der Waals surface area contributed by atoms with E-state index in [4.69, 9.17) is 4.74 Å². The number of nitrogens with zero attached hydrogens (tertiary/aromatic N) is 1. The average molecular weight is 310 g/mol. The molecule has 3 rings (SSSR count). The normalized spacial score (nSPS) is 14.3. The maximum absolute atomic E-state index is 12.1. The van der Waals surface area contributed by atoms with E-state index in [0.29, 0.717) is 6.54 Å². The minimum atomic E-state index is 0.175. The van der Waals surface area contributed by atoms with Crippen molar-refractivity contribution in [3.63, 3.8) is 0 Å². The zero-order valence-corrected chi connectivity index (χ0v) is 13.2. The summed E-state index contributed by atoms with van der Waals surface area (Å²) < 4.78 is 5.75. The van der Waals surface area contributed by atoms with Gasteiger partial charge in [0.1, 0.15) is 11.5 Å². The predicted octanol–water partition coefficient (Wildman–Crippen LogP) is 3.90. The summed E-state index contributed by atoms with van der Waals surface area (Å²) in [7, 11) is 0. The molecule has 1 heterocycles. The standard InChI is InChI=1S/C19H22N2O2/c22-19(21-13-5-2-6-14-21)15-20-16-9-11-18(12-10-16)23-17-7-3-1-4-8-17/h1,3-4,7-12,20H,2,5-6,13-15H2. The molecule has 1 aliphatic heterocycles. The topological polar surface area (TPSA) is 41.6 Å². The number of amides is 1. The van der Waals surface area contributed by atoms with Crippen LogP contribution in [0.3, 0.4) is 0 Å². The second-order valence-corrected chi connectivity index (χ2v) is 5.73.